The number of nitrogens with zero attached hydrogens (tertiary/aromatic N) is 4. The molecule has 0 bridgehead atoms. The number of anilines is 1. The van der Waals surface area contributed by atoms with Gasteiger partial charge >= 0.3 is 6.18 Å². The number of fused-ring (bicyclic) bond motifs is 1. The van der Waals surface area contributed by atoms with E-state index in [2.05, 4.69) is 15.1 Å². The maximum Gasteiger partial charge on any atom is 0.401 e. The molecule has 9 heteroatoms. The molecule has 3 heterocycles. The van der Waals surface area contributed by atoms with Crippen LogP contribution in [0.15, 0.2) is 65.4 Å². The molecule has 1 saturated carbocycles. The maximum atomic E-state index is 13.4. The minimum atomic E-state index is -4.40. The largest absolute Gasteiger partial charge is 0.401 e. The van der Waals surface area contributed by atoms with Gasteiger partial charge in [-0.25, -0.2) is 0 Å². The van der Waals surface area contributed by atoms with Gasteiger partial charge in [0.05, 0.1) is 17.5 Å². The highest BCUT2D eigenvalue weighted by molar-refractivity contribution is 5.94. The van der Waals surface area contributed by atoms with Gasteiger partial charge in [0.2, 0.25) is 5.91 Å². The Morgan fingerprint density at radius 1 is 1.06 bits per heavy atom. The Bertz CT molecular complexity index is 1340. The zero-order valence-corrected chi connectivity index (χ0v) is 18.3. The first-order valence-corrected chi connectivity index (χ1v) is 10.9. The molecule has 6 nitrogen and oxygen atoms in total. The molecule has 4 aromatic rings. The van der Waals surface area contributed by atoms with Crippen LogP contribution in [-0.4, -0.2) is 33.8 Å². The molecule has 0 radical (unpaired) electrons. The van der Waals surface area contributed by atoms with Gasteiger partial charge in [0.25, 0.3) is 0 Å². The first-order chi connectivity index (χ1) is 16.3. The molecule has 0 unspecified atom stereocenters. The molecule has 1 aliphatic carbocycles. The molecule has 0 atom stereocenters. The van der Waals surface area contributed by atoms with E-state index in [1.54, 1.807) is 19.3 Å². The van der Waals surface area contributed by atoms with E-state index in [0.29, 0.717) is 0 Å². The summed E-state index contributed by atoms with van der Waals surface area (Å²) < 4.78 is 45.2. The van der Waals surface area contributed by atoms with Crippen LogP contribution in [-0.2, 0) is 16.6 Å². The smallest absolute Gasteiger partial charge is 0.358 e. The fraction of sp³-hybridized carbons (Fsp3) is 0.280. The summed E-state index contributed by atoms with van der Waals surface area (Å²) in [5.41, 5.74) is 2.26. The molecule has 5 rings (SSSR count). The average Bonchev–Trinajstić information content (AvgIpc) is 3.52. The molecular weight excluding hydrogens is 445 g/mol. The number of benzene rings is 1. The van der Waals surface area contributed by atoms with Gasteiger partial charge in [0.1, 0.15) is 5.41 Å². The number of likely N-dealkylation sites (N-methyl/N-ethyl adjacent to an activating group) is 1. The topological polar surface area (TPSA) is 72.1 Å². The second-order valence-electron chi connectivity index (χ2n) is 8.41. The molecule has 1 aromatic carbocycles. The van der Waals surface area contributed by atoms with Crippen LogP contribution in [0.3, 0.4) is 0 Å². The van der Waals surface area contributed by atoms with Crippen molar-refractivity contribution in [3.63, 3.8) is 0 Å². The second-order valence-corrected chi connectivity index (χ2v) is 8.41. The van der Waals surface area contributed by atoms with E-state index >= 15 is 0 Å². The Morgan fingerprint density at radius 3 is 2.50 bits per heavy atom. The van der Waals surface area contributed by atoms with Crippen molar-refractivity contribution in [1.82, 2.24) is 15.1 Å². The molecule has 0 aliphatic heterocycles. The number of halogens is 3. The third-order valence-electron chi connectivity index (χ3n) is 6.25. The summed E-state index contributed by atoms with van der Waals surface area (Å²) in [5, 5.41) is 3.77. The number of hydrogen-bond donors (Lipinski definition) is 0. The third kappa shape index (κ3) is 3.91. The van der Waals surface area contributed by atoms with Gasteiger partial charge in [-0.05, 0) is 49.1 Å². The average molecular weight is 466 g/mol. The number of aromatic nitrogens is 3. The lowest BCUT2D eigenvalue weighted by molar-refractivity contribution is -0.165. The summed E-state index contributed by atoms with van der Waals surface area (Å²) in [4.78, 5) is 23.0. The molecule has 1 amide bonds. The SMILES string of the molecule is CCN(C(=O)Cc1ccc(-c2cnc3cccnc3c2)cc1)c1cc(C2(C(F)(F)F)CC2)on1. The number of pyridine rings is 2. The van der Waals surface area contributed by atoms with Gasteiger partial charge in [-0.3, -0.25) is 19.7 Å². The van der Waals surface area contributed by atoms with E-state index in [9.17, 15) is 18.0 Å². The van der Waals surface area contributed by atoms with E-state index in [0.717, 1.165) is 27.7 Å². The number of rotatable bonds is 6. The van der Waals surface area contributed by atoms with E-state index in [-0.39, 0.29) is 43.3 Å². The molecule has 0 spiro atoms. The molecule has 1 aliphatic rings. The van der Waals surface area contributed by atoms with E-state index in [1.165, 1.54) is 11.0 Å². The highest BCUT2D eigenvalue weighted by Gasteiger charge is 2.67. The monoisotopic (exact) mass is 466 g/mol. The number of amides is 1. The van der Waals surface area contributed by atoms with Crippen LogP contribution in [0.4, 0.5) is 19.0 Å². The van der Waals surface area contributed by atoms with Crippen LogP contribution in [0.1, 0.15) is 31.1 Å². The number of alkyl halides is 3. The van der Waals surface area contributed by atoms with Gasteiger partial charge in [0, 0.05) is 30.6 Å². The molecule has 34 heavy (non-hydrogen) atoms. The Balaban J connectivity index is 1.30. The summed E-state index contributed by atoms with van der Waals surface area (Å²) in [6.45, 7) is 2.00. The predicted octanol–water partition coefficient (Wildman–Crippen LogP) is 5.47. The van der Waals surface area contributed by atoms with Gasteiger partial charge < -0.3 is 4.52 Å². The molecular formula is C25H21F3N4O2. The zero-order valence-electron chi connectivity index (χ0n) is 18.3. The van der Waals surface area contributed by atoms with Crippen molar-refractivity contribution in [1.29, 1.82) is 0 Å². The van der Waals surface area contributed by atoms with E-state index < -0.39 is 11.6 Å². The highest BCUT2D eigenvalue weighted by atomic mass is 19.4. The summed E-state index contributed by atoms with van der Waals surface area (Å²) >= 11 is 0. The minimum Gasteiger partial charge on any atom is -0.358 e. The molecule has 0 N–H and O–H groups in total. The minimum absolute atomic E-state index is 0.0274. The summed E-state index contributed by atoms with van der Waals surface area (Å²) in [6.07, 6.45) is -0.881. The lowest BCUT2D eigenvalue weighted by atomic mass is 10.0. The normalized spacial score (nSPS) is 14.8. The van der Waals surface area contributed by atoms with Crippen LogP contribution in [0.5, 0.6) is 0 Å². The first kappa shape index (κ1) is 22.1. The zero-order chi connectivity index (χ0) is 23.9. The molecule has 3 aromatic heterocycles. The van der Waals surface area contributed by atoms with Gasteiger partial charge in [-0.1, -0.05) is 29.4 Å². The van der Waals surface area contributed by atoms with Crippen molar-refractivity contribution < 1.29 is 22.5 Å². The van der Waals surface area contributed by atoms with Crippen molar-refractivity contribution in [2.24, 2.45) is 0 Å². The first-order valence-electron chi connectivity index (χ1n) is 10.9. The van der Waals surface area contributed by atoms with E-state index in [4.69, 9.17) is 4.52 Å². The van der Waals surface area contributed by atoms with Gasteiger partial charge in [-0.15, -0.1) is 0 Å². The van der Waals surface area contributed by atoms with Crippen LogP contribution < -0.4 is 4.90 Å². The van der Waals surface area contributed by atoms with Crippen molar-refractivity contribution in [3.05, 3.63) is 72.2 Å². The van der Waals surface area contributed by atoms with Crippen molar-refractivity contribution in [2.75, 3.05) is 11.4 Å². The predicted molar refractivity (Wildman–Crippen MR) is 120 cm³/mol. The number of carbonyl (C=O) groups is 1. The Kier molecular flexibility index (Phi) is 5.34. The Labute approximate surface area is 193 Å². The molecule has 174 valence electrons. The lowest BCUT2D eigenvalue weighted by Crippen LogP contribution is -2.32. The van der Waals surface area contributed by atoms with Crippen molar-refractivity contribution in [3.8, 4) is 11.1 Å². The lowest BCUT2D eigenvalue weighted by Gasteiger charge is -2.18. The molecule has 1 fully saturated rings. The summed E-state index contributed by atoms with van der Waals surface area (Å²) in [7, 11) is 0. The van der Waals surface area contributed by atoms with Crippen molar-refractivity contribution >= 4 is 22.8 Å². The summed E-state index contributed by atoms with van der Waals surface area (Å²) in [6, 6.07) is 14.4. The van der Waals surface area contributed by atoms with Crippen LogP contribution in [0.25, 0.3) is 22.2 Å². The Hall–Kier alpha value is -3.75. The third-order valence-corrected chi connectivity index (χ3v) is 6.25. The van der Waals surface area contributed by atoms with Gasteiger partial charge in [0.15, 0.2) is 11.6 Å². The quantitative estimate of drug-likeness (QED) is 0.377. The second kappa shape index (κ2) is 8.23. The number of hydrogen-bond acceptors (Lipinski definition) is 5. The number of carbonyl (C=O) groups excluding carboxylic acids is 1. The van der Waals surface area contributed by atoms with Crippen LogP contribution >= 0.6 is 0 Å². The van der Waals surface area contributed by atoms with Gasteiger partial charge in [-0.2, -0.15) is 13.2 Å². The fourth-order valence-electron chi connectivity index (χ4n) is 4.08. The molecule has 0 saturated heterocycles. The summed E-state index contributed by atoms with van der Waals surface area (Å²) in [5.74, 6) is -0.406. The highest BCUT2D eigenvalue weighted by Crippen LogP contribution is 2.59. The fourth-order valence-corrected chi connectivity index (χ4v) is 4.08. The van der Waals surface area contributed by atoms with Crippen LogP contribution in [0, 0.1) is 0 Å². The van der Waals surface area contributed by atoms with Crippen molar-refractivity contribution in [2.45, 2.75) is 37.8 Å². The van der Waals surface area contributed by atoms with E-state index in [1.807, 2.05) is 42.5 Å². The Morgan fingerprint density at radius 2 is 1.82 bits per heavy atom. The standard InChI is InChI=1S/C25H21F3N4O2/c1-2-32(22-14-21(34-31-22)24(9-10-24)25(26,27)28)23(33)12-16-5-7-17(8-6-16)18-13-20-19(30-15-18)4-3-11-29-20/h3-8,11,13-15H,2,9-10,12H2,1H3. The van der Waals surface area contributed by atoms with Crippen LogP contribution in [0.2, 0.25) is 0 Å². The maximum absolute atomic E-state index is 13.4.